The molecule has 0 aromatic heterocycles. The second kappa shape index (κ2) is 15.3. The van der Waals surface area contributed by atoms with Crippen molar-refractivity contribution in [2.45, 2.75) is 12.8 Å². The molecular weight excluding hydrogens is 590 g/mol. The van der Waals surface area contributed by atoms with E-state index in [-0.39, 0.29) is 39.7 Å². The molecule has 0 spiro atoms. The van der Waals surface area contributed by atoms with Gasteiger partial charge in [-0.3, -0.25) is 9.98 Å². The maximum Gasteiger partial charge on any atom is 3.00 e. The molecule has 0 saturated carbocycles. The van der Waals surface area contributed by atoms with Crippen molar-refractivity contribution in [1.82, 2.24) is 10.6 Å². The van der Waals surface area contributed by atoms with Crippen LogP contribution in [0.1, 0.15) is 24.0 Å². The number of benzene rings is 2. The Hall–Kier alpha value is -2.31. The Balaban J connectivity index is 0.00000151. The molecule has 16 heteroatoms. The molecule has 0 heterocycles. The van der Waals surface area contributed by atoms with Crippen molar-refractivity contribution in [3.63, 3.8) is 0 Å². The van der Waals surface area contributed by atoms with E-state index in [1.165, 1.54) is 36.7 Å². The van der Waals surface area contributed by atoms with Crippen molar-refractivity contribution < 1.29 is 61.2 Å². The molecule has 0 radical (unpaired) electrons. The number of halogens is 8. The third kappa shape index (κ3) is 21.7. The van der Waals surface area contributed by atoms with Gasteiger partial charge in [-0.05, 0) is 61.3 Å². The van der Waals surface area contributed by atoms with Crippen LogP contribution in [0.5, 0.6) is 11.5 Å². The summed E-state index contributed by atoms with van der Waals surface area (Å²) in [6.45, 7) is 4.33. The van der Waals surface area contributed by atoms with Crippen molar-refractivity contribution in [3.8, 4) is 11.5 Å². The van der Waals surface area contributed by atoms with Crippen LogP contribution in [-0.4, -0.2) is 51.7 Å². The van der Waals surface area contributed by atoms with Crippen LogP contribution in [0.4, 0.5) is 34.0 Å². The van der Waals surface area contributed by atoms with E-state index in [9.17, 15) is 44.2 Å². The van der Waals surface area contributed by atoms with E-state index in [0.717, 1.165) is 51.2 Å². The molecule has 0 aliphatic carbocycles. The average Bonchev–Trinajstić information content (AvgIpc) is 2.76. The summed E-state index contributed by atoms with van der Waals surface area (Å²) in [5.41, 5.74) is 0.529. The molecule has 0 bridgehead atoms. The molecule has 2 aromatic carbocycles. The number of hydrogen-bond acceptors (Lipinski definition) is 6. The van der Waals surface area contributed by atoms with Crippen molar-refractivity contribution in [3.05, 3.63) is 59.2 Å². The summed E-state index contributed by atoms with van der Waals surface area (Å²) >= 11 is 0. The first kappa shape index (κ1) is 35.7. The zero-order valence-electron chi connectivity index (χ0n) is 19.8. The van der Waals surface area contributed by atoms with Gasteiger partial charge in [0, 0.05) is 38.6 Å². The first-order valence-electron chi connectivity index (χ1n) is 10.9. The van der Waals surface area contributed by atoms with E-state index in [0.29, 0.717) is 13.1 Å². The number of hydrogen-bond donors (Lipinski definition) is 2. The van der Waals surface area contributed by atoms with Crippen LogP contribution >= 0.6 is 7.81 Å². The smallest absolute Gasteiger partial charge is 0.872 e. The van der Waals surface area contributed by atoms with Gasteiger partial charge in [0.1, 0.15) is 11.6 Å². The Morgan fingerprint density at radius 3 is 1.34 bits per heavy atom. The quantitative estimate of drug-likeness (QED) is 0.109. The largest absolute Gasteiger partial charge is 3.00 e. The van der Waals surface area contributed by atoms with Crippen molar-refractivity contribution in [2.75, 3.05) is 39.3 Å². The minimum atomic E-state index is -10.7. The average molecular weight is 616 g/mol. The number of nitrogens with one attached hydrogen (secondary N) is 2. The SMILES string of the molecule is F[P-](F)(F)(F)(F)F.[Mn+3].[O-]c1ccc(F)cc1C=NCCCNCCNCCCN=Cc1cc(F)ccc1[O-]. The summed E-state index contributed by atoms with van der Waals surface area (Å²) < 4.78 is 85.3. The van der Waals surface area contributed by atoms with Crippen LogP contribution in [-0.2, 0) is 17.1 Å². The van der Waals surface area contributed by atoms with Crippen molar-refractivity contribution >= 4 is 20.2 Å². The number of aliphatic imine (C=N–C) groups is 2. The van der Waals surface area contributed by atoms with Crippen LogP contribution < -0.4 is 20.8 Å². The molecule has 0 unspecified atom stereocenters. The van der Waals surface area contributed by atoms with Gasteiger partial charge in [-0.15, -0.1) is 0 Å². The van der Waals surface area contributed by atoms with Gasteiger partial charge < -0.3 is 20.8 Å². The molecule has 38 heavy (non-hydrogen) atoms. The van der Waals surface area contributed by atoms with E-state index in [1.807, 2.05) is 0 Å². The van der Waals surface area contributed by atoms with Crippen LogP contribution in [0.3, 0.4) is 0 Å². The van der Waals surface area contributed by atoms with Gasteiger partial charge in [-0.25, -0.2) is 8.78 Å². The summed E-state index contributed by atoms with van der Waals surface area (Å²) in [5, 5.41) is 29.6. The summed E-state index contributed by atoms with van der Waals surface area (Å²) in [5.74, 6) is -1.36. The molecule has 214 valence electrons. The molecule has 0 fully saturated rings. The fraction of sp³-hybridized carbons (Fsp3) is 0.364. The molecular formula is C22H26F8MnN4O2P. The van der Waals surface area contributed by atoms with E-state index in [1.54, 1.807) is 0 Å². The third-order valence-electron chi connectivity index (χ3n) is 4.16. The Labute approximate surface area is 225 Å². The Kier molecular flexibility index (Phi) is 14.4. The zero-order valence-corrected chi connectivity index (χ0v) is 21.9. The van der Waals surface area contributed by atoms with Crippen molar-refractivity contribution in [2.24, 2.45) is 9.98 Å². The maximum atomic E-state index is 13.1. The van der Waals surface area contributed by atoms with E-state index in [4.69, 9.17) is 0 Å². The molecule has 0 atom stereocenters. The van der Waals surface area contributed by atoms with Gasteiger partial charge in [-0.2, -0.15) is 0 Å². The van der Waals surface area contributed by atoms with Gasteiger partial charge >= 0.3 is 50.1 Å². The molecule has 6 nitrogen and oxygen atoms in total. The predicted molar refractivity (Wildman–Crippen MR) is 125 cm³/mol. The standard InChI is InChI=1S/C22H28F2N4O2.F6P.Mn/c23-19-3-5-21(29)17(13-19)15-27-9-1-7-25-11-12-26-8-2-10-28-16-18-14-20(24)4-6-22(18)30;1-7(2,3,4,5)6;/h3-6,13-16,25-26,29-30H,1-2,7-12H2;;/q;-1;+3/p-2. The molecule has 0 amide bonds. The van der Waals surface area contributed by atoms with Crippen LogP contribution in [0.15, 0.2) is 46.4 Å². The normalized spacial score (nSPS) is 13.5. The third-order valence-corrected chi connectivity index (χ3v) is 4.16. The second-order valence-corrected chi connectivity index (χ2v) is 9.52. The summed E-state index contributed by atoms with van der Waals surface area (Å²) in [4.78, 5) is 8.30. The molecule has 0 saturated heterocycles. The van der Waals surface area contributed by atoms with E-state index < -0.39 is 19.4 Å². The molecule has 0 aliphatic heterocycles. The molecule has 2 N–H and O–H groups in total. The topological polar surface area (TPSA) is 94.9 Å². The summed E-state index contributed by atoms with van der Waals surface area (Å²) in [6.07, 6.45) is 4.47. The predicted octanol–water partition coefficient (Wildman–Crippen LogP) is 4.99. The van der Waals surface area contributed by atoms with E-state index >= 15 is 0 Å². The Bertz CT molecular complexity index is 977. The fourth-order valence-electron chi connectivity index (χ4n) is 2.58. The zero-order chi connectivity index (χ0) is 28.0. The van der Waals surface area contributed by atoms with E-state index in [2.05, 4.69) is 20.6 Å². The minimum absolute atomic E-state index is 0. The molecule has 2 rings (SSSR count). The first-order chi connectivity index (χ1) is 17.0. The van der Waals surface area contributed by atoms with Gasteiger partial charge in [0.2, 0.25) is 0 Å². The summed E-state index contributed by atoms with van der Waals surface area (Å²) in [7, 11) is -10.7. The van der Waals surface area contributed by atoms with Gasteiger partial charge in [0.15, 0.2) is 0 Å². The minimum Gasteiger partial charge on any atom is -0.872 e. The van der Waals surface area contributed by atoms with Crippen LogP contribution in [0.25, 0.3) is 0 Å². The molecule has 0 aliphatic rings. The number of rotatable bonds is 13. The fourth-order valence-corrected chi connectivity index (χ4v) is 2.58. The number of nitrogens with zero attached hydrogens (tertiary/aromatic N) is 2. The van der Waals surface area contributed by atoms with Gasteiger partial charge in [-0.1, -0.05) is 23.6 Å². The summed E-state index contributed by atoms with van der Waals surface area (Å²) in [6, 6.07) is 7.05. The first-order valence-corrected chi connectivity index (χ1v) is 12.9. The second-order valence-electron chi connectivity index (χ2n) is 7.60. The Morgan fingerprint density at radius 2 is 1.00 bits per heavy atom. The maximum absolute atomic E-state index is 13.1. The van der Waals surface area contributed by atoms with Crippen molar-refractivity contribution in [1.29, 1.82) is 0 Å². The van der Waals surface area contributed by atoms with Gasteiger partial charge in [0.25, 0.3) is 0 Å². The molecule has 2 aromatic rings. The monoisotopic (exact) mass is 616 g/mol. The van der Waals surface area contributed by atoms with Crippen LogP contribution in [0, 0.1) is 11.6 Å². The van der Waals surface area contributed by atoms with Gasteiger partial charge in [0.05, 0.1) is 0 Å². The Morgan fingerprint density at radius 1 is 0.658 bits per heavy atom. The van der Waals surface area contributed by atoms with Crippen LogP contribution in [0.2, 0.25) is 0 Å².